The molecule has 1 amide bonds. The predicted molar refractivity (Wildman–Crippen MR) is 127 cm³/mol. The molecule has 2 unspecified atom stereocenters. The molecule has 2 saturated heterocycles. The van der Waals surface area contributed by atoms with Crippen molar-refractivity contribution in [3.05, 3.63) is 35.3 Å². The highest BCUT2D eigenvalue weighted by Crippen LogP contribution is 2.26. The zero-order chi connectivity index (χ0) is 22.5. The molecule has 3 N–H and O–H groups in total. The van der Waals surface area contributed by atoms with E-state index in [0.717, 1.165) is 31.6 Å². The number of carbonyl (C=O) groups is 1. The summed E-state index contributed by atoms with van der Waals surface area (Å²) in [5.74, 6) is 1.49. The predicted octanol–water partition coefficient (Wildman–Crippen LogP) is 2.51. The molecule has 0 aromatic carbocycles. The summed E-state index contributed by atoms with van der Waals surface area (Å²) in [6.07, 6.45) is 12.9. The number of amidine groups is 2. The number of amides is 1. The molecule has 4 aliphatic rings. The van der Waals surface area contributed by atoms with Crippen molar-refractivity contribution < 1.29 is 9.53 Å². The zero-order valence-electron chi connectivity index (χ0n) is 19.3. The summed E-state index contributed by atoms with van der Waals surface area (Å²) in [5.41, 5.74) is 7.95. The normalized spacial score (nSPS) is 24.9. The first-order valence-electron chi connectivity index (χ1n) is 12.0. The SMILES string of the molecule is CCCCOC1=NC(N)=C2CC(=N1)N(C(C)C1=CCC(CN3CCCC3)C=C1)CC(=O)N2. The maximum Gasteiger partial charge on any atom is 0.320 e. The minimum Gasteiger partial charge on any atom is -0.463 e. The topological polar surface area (TPSA) is 95.6 Å². The average molecular weight is 441 g/mol. The Morgan fingerprint density at radius 1 is 1.31 bits per heavy atom. The highest BCUT2D eigenvalue weighted by molar-refractivity contribution is 6.00. The van der Waals surface area contributed by atoms with Crippen LogP contribution in [0.25, 0.3) is 0 Å². The van der Waals surface area contributed by atoms with E-state index < -0.39 is 0 Å². The second kappa shape index (κ2) is 10.3. The first kappa shape index (κ1) is 22.6. The highest BCUT2D eigenvalue weighted by Gasteiger charge is 2.31. The summed E-state index contributed by atoms with van der Waals surface area (Å²) < 4.78 is 5.78. The molecule has 8 heteroatoms. The maximum atomic E-state index is 12.6. The number of nitrogens with two attached hydrogens (primary N) is 1. The molecule has 0 radical (unpaired) electrons. The quantitative estimate of drug-likeness (QED) is 0.593. The molecular weight excluding hydrogens is 404 g/mol. The largest absolute Gasteiger partial charge is 0.463 e. The van der Waals surface area contributed by atoms with Crippen molar-refractivity contribution in [3.63, 3.8) is 0 Å². The van der Waals surface area contributed by atoms with Crippen LogP contribution in [0.15, 0.2) is 45.3 Å². The van der Waals surface area contributed by atoms with Crippen LogP contribution in [-0.4, -0.2) is 66.4 Å². The van der Waals surface area contributed by atoms with Crippen LogP contribution in [0.1, 0.15) is 52.4 Å². The summed E-state index contributed by atoms with van der Waals surface area (Å²) in [5, 5.41) is 2.91. The fourth-order valence-corrected chi connectivity index (χ4v) is 4.66. The lowest BCUT2D eigenvalue weighted by Crippen LogP contribution is -2.43. The van der Waals surface area contributed by atoms with Gasteiger partial charge >= 0.3 is 6.02 Å². The van der Waals surface area contributed by atoms with Gasteiger partial charge in [0, 0.05) is 13.0 Å². The molecule has 2 atom stereocenters. The van der Waals surface area contributed by atoms with Crippen LogP contribution in [0.4, 0.5) is 0 Å². The Labute approximate surface area is 191 Å². The van der Waals surface area contributed by atoms with Crippen molar-refractivity contribution in [2.24, 2.45) is 21.6 Å². The van der Waals surface area contributed by atoms with Crippen molar-refractivity contribution in [1.29, 1.82) is 0 Å². The molecule has 4 rings (SSSR count). The number of aliphatic imine (C=N–C) groups is 2. The van der Waals surface area contributed by atoms with Gasteiger partial charge < -0.3 is 25.6 Å². The number of nitrogens with zero attached hydrogens (tertiary/aromatic N) is 4. The summed E-state index contributed by atoms with van der Waals surface area (Å²) in [7, 11) is 0. The van der Waals surface area contributed by atoms with Crippen LogP contribution in [0, 0.1) is 5.92 Å². The van der Waals surface area contributed by atoms with Crippen LogP contribution in [0.2, 0.25) is 0 Å². The molecule has 174 valence electrons. The van der Waals surface area contributed by atoms with E-state index in [1.807, 2.05) is 0 Å². The third kappa shape index (κ3) is 5.41. The van der Waals surface area contributed by atoms with Crippen molar-refractivity contribution in [3.8, 4) is 0 Å². The number of nitrogens with one attached hydrogen (secondary N) is 1. The molecule has 2 fully saturated rings. The van der Waals surface area contributed by atoms with E-state index in [0.29, 0.717) is 24.6 Å². The lowest BCUT2D eigenvalue weighted by Gasteiger charge is -2.32. The highest BCUT2D eigenvalue weighted by atomic mass is 16.5. The average Bonchev–Trinajstić information content (AvgIpc) is 3.17. The van der Waals surface area contributed by atoms with Gasteiger partial charge in [-0.2, -0.15) is 9.98 Å². The Bertz CT molecular complexity index is 866. The molecule has 3 heterocycles. The van der Waals surface area contributed by atoms with E-state index in [1.165, 1.54) is 31.5 Å². The van der Waals surface area contributed by atoms with Crippen LogP contribution in [-0.2, 0) is 9.53 Å². The molecule has 0 spiro atoms. The third-order valence-electron chi connectivity index (χ3n) is 6.61. The molecule has 0 saturated carbocycles. The number of unbranched alkanes of at least 4 members (excludes halogenated alkanes) is 1. The number of likely N-dealkylation sites (tertiary alicyclic amines) is 1. The second-order valence-corrected chi connectivity index (χ2v) is 9.08. The number of hydrogen-bond acceptors (Lipinski definition) is 7. The van der Waals surface area contributed by atoms with E-state index in [4.69, 9.17) is 15.5 Å². The van der Waals surface area contributed by atoms with Crippen LogP contribution in [0.3, 0.4) is 0 Å². The molecule has 2 bridgehead atoms. The van der Waals surface area contributed by atoms with E-state index in [1.54, 1.807) is 0 Å². The zero-order valence-corrected chi connectivity index (χ0v) is 19.3. The van der Waals surface area contributed by atoms with Gasteiger partial charge in [0.1, 0.15) is 11.7 Å². The Morgan fingerprint density at radius 2 is 2.12 bits per heavy atom. The lowest BCUT2D eigenvalue weighted by molar-refractivity contribution is -0.120. The van der Waals surface area contributed by atoms with Crippen LogP contribution in [0.5, 0.6) is 0 Å². The molecule has 1 aliphatic carbocycles. The van der Waals surface area contributed by atoms with E-state index in [-0.39, 0.29) is 30.3 Å². The standard InChI is InChI=1S/C24H36N6O2/c1-3-4-13-32-24-27-21-14-20(23(25)28-24)26-22(31)16-30(21)17(2)19-9-7-18(8-10-19)15-29-11-5-6-12-29/h7,9-10,17-18H,3-6,8,11-16,25H2,1-2H3,(H,26,31). The van der Waals surface area contributed by atoms with Gasteiger partial charge in [-0.05, 0) is 57.2 Å². The van der Waals surface area contributed by atoms with Crippen molar-refractivity contribution in [2.45, 2.75) is 58.4 Å². The number of fused-ring (bicyclic) bond motifs is 2. The Morgan fingerprint density at radius 3 is 2.84 bits per heavy atom. The monoisotopic (exact) mass is 440 g/mol. The number of hydrogen-bond donors (Lipinski definition) is 2. The molecule has 0 aromatic heterocycles. The molecular formula is C24H36N6O2. The van der Waals surface area contributed by atoms with Crippen LogP contribution >= 0.6 is 0 Å². The molecule has 8 nitrogen and oxygen atoms in total. The molecule has 32 heavy (non-hydrogen) atoms. The first-order valence-corrected chi connectivity index (χ1v) is 12.0. The third-order valence-corrected chi connectivity index (χ3v) is 6.61. The second-order valence-electron chi connectivity index (χ2n) is 9.08. The van der Waals surface area contributed by atoms with Gasteiger partial charge in [-0.3, -0.25) is 4.79 Å². The van der Waals surface area contributed by atoms with E-state index in [9.17, 15) is 4.79 Å². The summed E-state index contributed by atoms with van der Waals surface area (Å²) in [4.78, 5) is 26.2. The van der Waals surface area contributed by atoms with Gasteiger partial charge in [-0.25, -0.2) is 0 Å². The summed E-state index contributed by atoms with van der Waals surface area (Å²) >= 11 is 0. The van der Waals surface area contributed by atoms with Gasteiger partial charge in [0.2, 0.25) is 5.91 Å². The van der Waals surface area contributed by atoms with Crippen molar-refractivity contribution >= 4 is 17.8 Å². The van der Waals surface area contributed by atoms with Gasteiger partial charge in [0.05, 0.1) is 24.9 Å². The fraction of sp³-hybridized carbons (Fsp3) is 0.625. The number of rotatable bonds is 7. The minimum atomic E-state index is -0.0992. The van der Waals surface area contributed by atoms with Crippen molar-refractivity contribution in [1.82, 2.24) is 15.1 Å². The van der Waals surface area contributed by atoms with Gasteiger partial charge in [0.15, 0.2) is 0 Å². The van der Waals surface area contributed by atoms with Gasteiger partial charge in [-0.1, -0.05) is 31.6 Å². The Kier molecular flexibility index (Phi) is 7.29. The van der Waals surface area contributed by atoms with E-state index >= 15 is 0 Å². The summed E-state index contributed by atoms with van der Waals surface area (Å²) in [6, 6.07) is 0.284. The van der Waals surface area contributed by atoms with Gasteiger partial charge in [0.25, 0.3) is 0 Å². The fourth-order valence-electron chi connectivity index (χ4n) is 4.66. The number of ether oxygens (including phenoxy) is 1. The molecule has 3 aliphatic heterocycles. The van der Waals surface area contributed by atoms with Crippen molar-refractivity contribution in [2.75, 3.05) is 32.8 Å². The first-order chi connectivity index (χ1) is 15.5. The summed E-state index contributed by atoms with van der Waals surface area (Å²) in [6.45, 7) is 8.59. The minimum absolute atomic E-state index is 0.0130. The smallest absolute Gasteiger partial charge is 0.320 e. The number of carbonyl (C=O) groups excluding carboxylic acids is 1. The maximum absolute atomic E-state index is 12.6. The van der Waals surface area contributed by atoms with Gasteiger partial charge in [-0.15, -0.1) is 0 Å². The van der Waals surface area contributed by atoms with Crippen LogP contribution < -0.4 is 11.1 Å². The number of allylic oxidation sites excluding steroid dienone is 1. The van der Waals surface area contributed by atoms with E-state index in [2.05, 4.69) is 52.2 Å². The Balaban J connectivity index is 1.49. The Hall–Kier alpha value is -2.61. The molecule has 0 aromatic rings. The lowest BCUT2D eigenvalue weighted by atomic mass is 9.92.